The molecule has 0 amide bonds. The Hall–Kier alpha value is -0.490. The molecule has 0 aliphatic carbocycles. The van der Waals surface area contributed by atoms with Gasteiger partial charge >= 0.3 is 0 Å². The molecule has 1 fully saturated rings. The predicted octanol–water partition coefficient (Wildman–Crippen LogP) is -1.02. The van der Waals surface area contributed by atoms with Crippen molar-refractivity contribution in [1.82, 2.24) is 0 Å². The van der Waals surface area contributed by atoms with E-state index in [2.05, 4.69) is 0 Å². The van der Waals surface area contributed by atoms with Gasteiger partial charge < -0.3 is 24.1 Å². The standard InChI is InChI=1S/C8H14O5/c1-11-6(3-9)8-7(12-2)5(10)4-13-8/h3,5-8,10H,4H2,1-2H3/t5-,6+,7-,8-/m1/s1. The molecule has 4 atom stereocenters. The SMILES string of the molecule is CO[C@H]1[C@@H]([C@H](C=O)OC)OC[C@H]1O. The van der Waals surface area contributed by atoms with Crippen LogP contribution < -0.4 is 0 Å². The molecule has 1 aliphatic rings. The van der Waals surface area contributed by atoms with Crippen LogP contribution in [0.1, 0.15) is 0 Å². The van der Waals surface area contributed by atoms with Gasteiger partial charge in [0, 0.05) is 14.2 Å². The third-order valence-corrected chi connectivity index (χ3v) is 2.16. The molecule has 0 radical (unpaired) electrons. The third-order valence-electron chi connectivity index (χ3n) is 2.16. The number of hydrogen-bond donors (Lipinski definition) is 1. The maximum Gasteiger partial charge on any atom is 0.151 e. The van der Waals surface area contributed by atoms with Gasteiger partial charge in [-0.05, 0) is 0 Å². The maximum atomic E-state index is 10.5. The van der Waals surface area contributed by atoms with Crippen LogP contribution in [0.5, 0.6) is 0 Å². The molecular formula is C8H14O5. The minimum atomic E-state index is -0.687. The summed E-state index contributed by atoms with van der Waals surface area (Å²) in [6, 6.07) is 0. The van der Waals surface area contributed by atoms with Gasteiger partial charge in [-0.3, -0.25) is 0 Å². The van der Waals surface area contributed by atoms with E-state index in [0.29, 0.717) is 6.29 Å². The van der Waals surface area contributed by atoms with Gasteiger partial charge in [0.1, 0.15) is 24.4 Å². The van der Waals surface area contributed by atoms with Crippen molar-refractivity contribution in [2.75, 3.05) is 20.8 Å². The van der Waals surface area contributed by atoms with Crippen LogP contribution in [-0.2, 0) is 19.0 Å². The van der Waals surface area contributed by atoms with Crippen molar-refractivity contribution < 1.29 is 24.1 Å². The van der Waals surface area contributed by atoms with Crippen LogP contribution in [0.15, 0.2) is 0 Å². The minimum absolute atomic E-state index is 0.177. The molecule has 0 saturated carbocycles. The van der Waals surface area contributed by atoms with E-state index >= 15 is 0 Å². The van der Waals surface area contributed by atoms with Crippen molar-refractivity contribution in [3.05, 3.63) is 0 Å². The Morgan fingerprint density at radius 2 is 2.31 bits per heavy atom. The van der Waals surface area contributed by atoms with Gasteiger partial charge in [-0.15, -0.1) is 0 Å². The number of aliphatic hydroxyl groups is 1. The highest BCUT2D eigenvalue weighted by Gasteiger charge is 2.41. The fraction of sp³-hybridized carbons (Fsp3) is 0.875. The number of carbonyl (C=O) groups is 1. The molecule has 0 aromatic carbocycles. The zero-order valence-corrected chi connectivity index (χ0v) is 7.67. The highest BCUT2D eigenvalue weighted by atomic mass is 16.6. The fourth-order valence-electron chi connectivity index (χ4n) is 1.46. The molecule has 1 N–H and O–H groups in total. The first-order valence-electron chi connectivity index (χ1n) is 4.05. The average Bonchev–Trinajstić information content (AvgIpc) is 2.50. The number of aliphatic hydroxyl groups excluding tert-OH is 1. The monoisotopic (exact) mass is 190 g/mol. The van der Waals surface area contributed by atoms with Crippen LogP contribution in [0.3, 0.4) is 0 Å². The zero-order chi connectivity index (χ0) is 9.84. The summed E-state index contributed by atoms with van der Waals surface area (Å²) in [6.45, 7) is 0.177. The molecule has 1 heterocycles. The van der Waals surface area contributed by atoms with Crippen molar-refractivity contribution in [2.24, 2.45) is 0 Å². The molecule has 13 heavy (non-hydrogen) atoms. The van der Waals surface area contributed by atoms with Crippen molar-refractivity contribution in [2.45, 2.75) is 24.4 Å². The van der Waals surface area contributed by atoms with Crippen LogP contribution in [0.2, 0.25) is 0 Å². The lowest BCUT2D eigenvalue weighted by atomic mass is 10.1. The Morgan fingerprint density at radius 3 is 2.77 bits per heavy atom. The molecule has 76 valence electrons. The highest BCUT2D eigenvalue weighted by Crippen LogP contribution is 2.20. The topological polar surface area (TPSA) is 65.0 Å². The van der Waals surface area contributed by atoms with Crippen LogP contribution >= 0.6 is 0 Å². The molecule has 0 aromatic rings. The first kappa shape index (κ1) is 10.6. The maximum absolute atomic E-state index is 10.5. The lowest BCUT2D eigenvalue weighted by Gasteiger charge is -2.22. The summed E-state index contributed by atoms with van der Waals surface area (Å²) in [7, 11) is 2.88. The van der Waals surface area contributed by atoms with Gasteiger partial charge in [-0.2, -0.15) is 0 Å². The largest absolute Gasteiger partial charge is 0.388 e. The van der Waals surface area contributed by atoms with Gasteiger partial charge in [0.15, 0.2) is 6.29 Å². The van der Waals surface area contributed by atoms with E-state index in [-0.39, 0.29) is 6.61 Å². The molecule has 0 unspecified atom stereocenters. The summed E-state index contributed by atoms with van der Waals surface area (Å²) in [5.74, 6) is 0. The number of aldehydes is 1. The second kappa shape index (κ2) is 4.66. The number of hydrogen-bond acceptors (Lipinski definition) is 5. The summed E-state index contributed by atoms with van der Waals surface area (Å²) in [6.07, 6.45) is -1.72. The van der Waals surface area contributed by atoms with E-state index in [9.17, 15) is 9.90 Å². The van der Waals surface area contributed by atoms with Gasteiger partial charge in [0.05, 0.1) is 6.61 Å². The van der Waals surface area contributed by atoms with Gasteiger partial charge in [0.2, 0.25) is 0 Å². The van der Waals surface area contributed by atoms with E-state index in [1.807, 2.05) is 0 Å². The summed E-state index contributed by atoms with van der Waals surface area (Å²) < 4.78 is 15.1. The molecule has 5 nitrogen and oxygen atoms in total. The molecule has 1 saturated heterocycles. The third kappa shape index (κ3) is 2.05. The second-order valence-corrected chi connectivity index (χ2v) is 2.90. The summed E-state index contributed by atoms with van der Waals surface area (Å²) in [5, 5.41) is 9.38. The molecule has 1 rings (SSSR count). The Bertz CT molecular complexity index is 172. The first-order valence-corrected chi connectivity index (χ1v) is 4.05. The Morgan fingerprint density at radius 1 is 1.62 bits per heavy atom. The molecule has 0 aromatic heterocycles. The van der Waals surface area contributed by atoms with E-state index in [4.69, 9.17) is 14.2 Å². The Kier molecular flexibility index (Phi) is 3.80. The Labute approximate surface area is 76.6 Å². The lowest BCUT2D eigenvalue weighted by molar-refractivity contribution is -0.129. The predicted molar refractivity (Wildman–Crippen MR) is 43.4 cm³/mol. The minimum Gasteiger partial charge on any atom is -0.388 e. The lowest BCUT2D eigenvalue weighted by Crippen LogP contribution is -2.41. The van der Waals surface area contributed by atoms with Gasteiger partial charge in [0.25, 0.3) is 0 Å². The summed E-state index contributed by atoms with van der Waals surface area (Å²) >= 11 is 0. The summed E-state index contributed by atoms with van der Waals surface area (Å²) in [5.41, 5.74) is 0. The Balaban J connectivity index is 2.62. The van der Waals surface area contributed by atoms with E-state index in [1.54, 1.807) is 0 Å². The normalized spacial score (nSPS) is 36.1. The van der Waals surface area contributed by atoms with Crippen molar-refractivity contribution in [3.8, 4) is 0 Å². The first-order chi connectivity index (χ1) is 6.24. The molecule has 0 bridgehead atoms. The summed E-state index contributed by atoms with van der Waals surface area (Å²) in [4.78, 5) is 10.5. The quantitative estimate of drug-likeness (QED) is 0.574. The van der Waals surface area contributed by atoms with E-state index in [0.717, 1.165) is 0 Å². The van der Waals surface area contributed by atoms with Crippen LogP contribution in [0, 0.1) is 0 Å². The number of rotatable bonds is 4. The van der Waals surface area contributed by atoms with Crippen molar-refractivity contribution >= 4 is 6.29 Å². The number of ether oxygens (including phenoxy) is 3. The average molecular weight is 190 g/mol. The van der Waals surface area contributed by atoms with Gasteiger partial charge in [-0.25, -0.2) is 0 Å². The van der Waals surface area contributed by atoms with Crippen molar-refractivity contribution in [1.29, 1.82) is 0 Å². The second-order valence-electron chi connectivity index (χ2n) is 2.90. The smallest absolute Gasteiger partial charge is 0.151 e. The number of methoxy groups -OCH3 is 2. The van der Waals surface area contributed by atoms with Crippen LogP contribution in [-0.4, -0.2) is 56.6 Å². The molecule has 5 heteroatoms. The van der Waals surface area contributed by atoms with Crippen LogP contribution in [0.4, 0.5) is 0 Å². The van der Waals surface area contributed by atoms with Crippen molar-refractivity contribution in [3.63, 3.8) is 0 Å². The molecule has 0 spiro atoms. The van der Waals surface area contributed by atoms with Crippen LogP contribution in [0.25, 0.3) is 0 Å². The molecular weight excluding hydrogens is 176 g/mol. The molecule has 1 aliphatic heterocycles. The van der Waals surface area contributed by atoms with Gasteiger partial charge in [-0.1, -0.05) is 0 Å². The van der Waals surface area contributed by atoms with E-state index in [1.165, 1.54) is 14.2 Å². The highest BCUT2D eigenvalue weighted by molar-refractivity contribution is 5.57. The number of carbonyl (C=O) groups excluding carboxylic acids is 1. The zero-order valence-electron chi connectivity index (χ0n) is 7.67. The van der Waals surface area contributed by atoms with E-state index < -0.39 is 24.4 Å². The fourth-order valence-corrected chi connectivity index (χ4v) is 1.46.